The Labute approximate surface area is 133 Å². The number of hydrogen-bond donors (Lipinski definition) is 2. The third-order valence-corrected chi connectivity index (χ3v) is 5.44. The molecule has 0 amide bonds. The zero-order valence-corrected chi connectivity index (χ0v) is 13.9. The average molecular weight is 326 g/mol. The molecule has 0 aliphatic heterocycles. The van der Waals surface area contributed by atoms with E-state index in [9.17, 15) is 9.90 Å². The molecule has 114 valence electrons. The second kappa shape index (κ2) is 7.25. The van der Waals surface area contributed by atoms with Crippen LogP contribution in [0, 0.1) is 6.92 Å². The number of carboxylic acid groups (broad SMARTS) is 1. The number of aryl methyl sites for hydroxylation is 1. The summed E-state index contributed by atoms with van der Waals surface area (Å²) in [6, 6.07) is 5.41. The number of carboxylic acids is 1. The maximum atomic E-state index is 11.3. The molecule has 0 saturated carbocycles. The van der Waals surface area contributed by atoms with E-state index in [2.05, 4.69) is 25.2 Å². The maximum Gasteiger partial charge on any atom is 0.320 e. The average Bonchev–Trinajstić information content (AvgIpc) is 2.77. The molecule has 0 saturated heterocycles. The maximum absolute atomic E-state index is 11.3. The Morgan fingerprint density at radius 3 is 2.86 bits per heavy atom. The number of carbonyl (C=O) groups is 1. The van der Waals surface area contributed by atoms with Crippen LogP contribution in [-0.2, 0) is 11.3 Å². The lowest BCUT2D eigenvalue weighted by atomic mass is 10.1. The van der Waals surface area contributed by atoms with Gasteiger partial charge in [0.1, 0.15) is 6.04 Å². The SMILES string of the molecule is CCCCC(NCc1sc2c(Cl)cccc2c1C)C(=O)O. The standard InChI is InChI=1S/C16H20ClNO2S/c1-3-4-8-13(16(19)20)18-9-14-10(2)11-6-5-7-12(17)15(11)21-14/h5-7,13,18H,3-4,8-9H2,1-2H3,(H,19,20). The van der Waals surface area contributed by atoms with Gasteiger partial charge in [-0.15, -0.1) is 11.3 Å². The fraction of sp³-hybridized carbons (Fsp3) is 0.438. The van der Waals surface area contributed by atoms with Crippen LogP contribution in [0.2, 0.25) is 5.02 Å². The highest BCUT2D eigenvalue weighted by Gasteiger charge is 2.17. The summed E-state index contributed by atoms with van der Waals surface area (Å²) in [5.41, 5.74) is 1.18. The van der Waals surface area contributed by atoms with Crippen LogP contribution in [0.25, 0.3) is 10.1 Å². The first kappa shape index (κ1) is 16.3. The highest BCUT2D eigenvalue weighted by Crippen LogP contribution is 2.35. The van der Waals surface area contributed by atoms with Crippen molar-refractivity contribution >= 4 is 39.0 Å². The summed E-state index contributed by atoms with van der Waals surface area (Å²) in [6.07, 6.45) is 2.58. The summed E-state index contributed by atoms with van der Waals surface area (Å²) in [7, 11) is 0. The molecule has 1 unspecified atom stereocenters. The molecule has 0 radical (unpaired) electrons. The fourth-order valence-electron chi connectivity index (χ4n) is 2.36. The van der Waals surface area contributed by atoms with Crippen LogP contribution in [-0.4, -0.2) is 17.1 Å². The molecule has 0 bridgehead atoms. The molecule has 3 nitrogen and oxygen atoms in total. The van der Waals surface area contributed by atoms with Gasteiger partial charge in [-0.3, -0.25) is 10.1 Å². The predicted octanol–water partition coefficient (Wildman–Crippen LogP) is 4.60. The Kier molecular flexibility index (Phi) is 5.62. The molecule has 1 aromatic carbocycles. The zero-order valence-electron chi connectivity index (χ0n) is 12.3. The Hall–Kier alpha value is -1.10. The minimum absolute atomic E-state index is 0.481. The first-order chi connectivity index (χ1) is 10.0. The minimum Gasteiger partial charge on any atom is -0.480 e. The second-order valence-corrected chi connectivity index (χ2v) is 6.69. The molecular weight excluding hydrogens is 306 g/mol. The van der Waals surface area contributed by atoms with Crippen LogP contribution in [0.15, 0.2) is 18.2 Å². The summed E-state index contributed by atoms with van der Waals surface area (Å²) in [5.74, 6) is -0.778. The van der Waals surface area contributed by atoms with Crippen molar-refractivity contribution in [1.29, 1.82) is 0 Å². The molecule has 0 spiro atoms. The lowest BCUT2D eigenvalue weighted by Crippen LogP contribution is -2.36. The topological polar surface area (TPSA) is 49.3 Å². The first-order valence-electron chi connectivity index (χ1n) is 7.17. The largest absolute Gasteiger partial charge is 0.480 e. The van der Waals surface area contributed by atoms with Crippen LogP contribution in [0.4, 0.5) is 0 Å². The van der Waals surface area contributed by atoms with Crippen LogP contribution >= 0.6 is 22.9 Å². The number of unbranched alkanes of at least 4 members (excludes halogenated alkanes) is 1. The fourth-order valence-corrected chi connectivity index (χ4v) is 3.82. The molecule has 1 heterocycles. The van der Waals surface area contributed by atoms with Crippen LogP contribution in [0.5, 0.6) is 0 Å². The molecule has 0 aliphatic rings. The molecule has 2 N–H and O–H groups in total. The van der Waals surface area contributed by atoms with E-state index in [0.29, 0.717) is 13.0 Å². The monoisotopic (exact) mass is 325 g/mol. The van der Waals surface area contributed by atoms with Gasteiger partial charge < -0.3 is 5.11 Å². The van der Waals surface area contributed by atoms with Gasteiger partial charge >= 0.3 is 5.97 Å². The van der Waals surface area contributed by atoms with Gasteiger partial charge in [0.2, 0.25) is 0 Å². The van der Waals surface area contributed by atoms with Crippen LogP contribution in [0.1, 0.15) is 36.6 Å². The number of hydrogen-bond acceptors (Lipinski definition) is 3. The summed E-state index contributed by atoms with van der Waals surface area (Å²) in [5, 5.41) is 14.3. The lowest BCUT2D eigenvalue weighted by molar-refractivity contribution is -0.139. The van der Waals surface area contributed by atoms with Crippen LogP contribution < -0.4 is 5.32 Å². The van der Waals surface area contributed by atoms with E-state index in [-0.39, 0.29) is 0 Å². The Balaban J connectivity index is 2.14. The van der Waals surface area contributed by atoms with Gasteiger partial charge in [0.15, 0.2) is 0 Å². The number of thiophene rings is 1. The number of aliphatic carboxylic acids is 1. The van der Waals surface area contributed by atoms with Gasteiger partial charge in [-0.25, -0.2) is 0 Å². The molecule has 1 atom stereocenters. The molecule has 2 rings (SSSR count). The highest BCUT2D eigenvalue weighted by molar-refractivity contribution is 7.20. The molecule has 0 fully saturated rings. The highest BCUT2D eigenvalue weighted by atomic mass is 35.5. The Morgan fingerprint density at radius 1 is 1.48 bits per heavy atom. The zero-order chi connectivity index (χ0) is 15.4. The van der Waals surface area contributed by atoms with Gasteiger partial charge in [0.25, 0.3) is 0 Å². The van der Waals surface area contributed by atoms with Crippen molar-refractivity contribution in [2.45, 2.75) is 45.7 Å². The van der Waals surface area contributed by atoms with Gasteiger partial charge in [0.05, 0.1) is 9.72 Å². The Morgan fingerprint density at radius 2 is 2.24 bits per heavy atom. The number of nitrogens with one attached hydrogen (secondary N) is 1. The molecule has 5 heteroatoms. The van der Waals surface area contributed by atoms with E-state index in [0.717, 1.165) is 32.8 Å². The van der Waals surface area contributed by atoms with Crippen LogP contribution in [0.3, 0.4) is 0 Å². The molecule has 21 heavy (non-hydrogen) atoms. The first-order valence-corrected chi connectivity index (χ1v) is 8.36. The van der Waals surface area contributed by atoms with Crippen molar-refractivity contribution in [3.8, 4) is 0 Å². The summed E-state index contributed by atoms with van der Waals surface area (Å²) in [4.78, 5) is 12.4. The molecule has 2 aromatic rings. The van der Waals surface area contributed by atoms with Gasteiger partial charge in [-0.2, -0.15) is 0 Å². The smallest absolute Gasteiger partial charge is 0.320 e. The molecular formula is C16H20ClNO2S. The number of benzene rings is 1. The van der Waals surface area contributed by atoms with Crippen molar-refractivity contribution in [3.63, 3.8) is 0 Å². The summed E-state index contributed by atoms with van der Waals surface area (Å²) < 4.78 is 1.08. The number of halogens is 1. The summed E-state index contributed by atoms with van der Waals surface area (Å²) >= 11 is 7.86. The van der Waals surface area contributed by atoms with E-state index >= 15 is 0 Å². The number of fused-ring (bicyclic) bond motifs is 1. The van der Waals surface area contributed by atoms with Crippen molar-refractivity contribution in [3.05, 3.63) is 33.7 Å². The van der Waals surface area contributed by atoms with Crippen molar-refractivity contribution in [2.75, 3.05) is 0 Å². The minimum atomic E-state index is -0.778. The van der Waals surface area contributed by atoms with Gasteiger partial charge in [0, 0.05) is 11.4 Å². The van der Waals surface area contributed by atoms with E-state index in [1.165, 1.54) is 5.56 Å². The Bertz CT molecular complexity index is 638. The molecule has 0 aliphatic carbocycles. The van der Waals surface area contributed by atoms with Gasteiger partial charge in [-0.05, 0) is 30.4 Å². The van der Waals surface area contributed by atoms with E-state index in [1.54, 1.807) is 11.3 Å². The van der Waals surface area contributed by atoms with Crippen molar-refractivity contribution < 1.29 is 9.90 Å². The van der Waals surface area contributed by atoms with Crippen molar-refractivity contribution in [1.82, 2.24) is 5.32 Å². The predicted molar refractivity (Wildman–Crippen MR) is 89.4 cm³/mol. The van der Waals surface area contributed by atoms with Crippen molar-refractivity contribution in [2.24, 2.45) is 0 Å². The van der Waals surface area contributed by atoms with E-state index in [1.807, 2.05) is 12.1 Å². The summed E-state index contributed by atoms with van der Waals surface area (Å²) in [6.45, 7) is 4.70. The van der Waals surface area contributed by atoms with E-state index in [4.69, 9.17) is 11.6 Å². The number of rotatable bonds is 7. The normalized spacial score (nSPS) is 12.7. The third kappa shape index (κ3) is 3.76. The van der Waals surface area contributed by atoms with Gasteiger partial charge in [-0.1, -0.05) is 43.5 Å². The third-order valence-electron chi connectivity index (χ3n) is 3.67. The van der Waals surface area contributed by atoms with E-state index < -0.39 is 12.0 Å². The molecule has 1 aromatic heterocycles. The second-order valence-electron chi connectivity index (χ2n) is 5.18. The quantitative estimate of drug-likeness (QED) is 0.782. The lowest BCUT2D eigenvalue weighted by Gasteiger charge is -2.13.